The highest BCUT2D eigenvalue weighted by atomic mass is 35.5. The number of aliphatic imine (C=N–C) groups is 1. The number of nitrogens with zero attached hydrogens (tertiary/aromatic N) is 4. The molecule has 0 unspecified atom stereocenters. The summed E-state index contributed by atoms with van der Waals surface area (Å²) >= 11 is 7.43. The molecule has 9 heteroatoms. The van der Waals surface area contributed by atoms with Crippen molar-refractivity contribution in [2.75, 3.05) is 17.6 Å². The topological polar surface area (TPSA) is 106 Å². The van der Waals surface area contributed by atoms with Crippen molar-refractivity contribution in [1.82, 2.24) is 15.0 Å². The highest BCUT2D eigenvalue weighted by Crippen LogP contribution is 2.45. The van der Waals surface area contributed by atoms with E-state index in [1.54, 1.807) is 12.3 Å². The Hall–Kier alpha value is -2.84. The number of fused-ring (bicyclic) bond motifs is 3. The minimum absolute atomic E-state index is 0.223. The number of hydrogen-bond acceptors (Lipinski definition) is 7. The molecule has 1 aliphatic heterocycles. The van der Waals surface area contributed by atoms with E-state index in [0.717, 1.165) is 32.6 Å². The normalized spacial score (nSPS) is 17.1. The largest absolute Gasteiger partial charge is 0.368 e. The van der Waals surface area contributed by atoms with Crippen molar-refractivity contribution in [3.63, 3.8) is 0 Å². The summed E-state index contributed by atoms with van der Waals surface area (Å²) in [6.07, 6.45) is 2.49. The number of rotatable bonds is 2. The molecule has 29 heavy (non-hydrogen) atoms. The van der Waals surface area contributed by atoms with Gasteiger partial charge in [0.2, 0.25) is 5.95 Å². The second-order valence-corrected chi connectivity index (χ2v) is 9.23. The van der Waals surface area contributed by atoms with E-state index >= 15 is 0 Å². The maximum atomic E-state index is 13.1. The number of nitrogen functional groups attached to an aromatic ring is 1. The highest BCUT2D eigenvalue weighted by molar-refractivity contribution is 7.22. The first-order valence-corrected chi connectivity index (χ1v) is 10.3. The lowest BCUT2D eigenvalue weighted by Gasteiger charge is -2.33. The summed E-state index contributed by atoms with van der Waals surface area (Å²) in [6, 6.07) is 5.45. The van der Waals surface area contributed by atoms with Crippen LogP contribution in [0.5, 0.6) is 0 Å². The third-order valence-corrected chi connectivity index (χ3v) is 6.37. The molecule has 5 rings (SSSR count). The van der Waals surface area contributed by atoms with E-state index in [4.69, 9.17) is 17.3 Å². The lowest BCUT2D eigenvalue weighted by atomic mass is 9.70. The fraction of sp³-hybridized carbons (Fsp3) is 0.250. The molecule has 2 aromatic heterocycles. The van der Waals surface area contributed by atoms with E-state index in [-0.39, 0.29) is 17.3 Å². The number of carbonyl (C=O) groups is 1. The fourth-order valence-corrected chi connectivity index (χ4v) is 5.19. The van der Waals surface area contributed by atoms with Crippen LogP contribution < -0.4 is 11.1 Å². The number of nitrogens with two attached hydrogens (primary N) is 1. The summed E-state index contributed by atoms with van der Waals surface area (Å²) in [4.78, 5) is 30.7. The van der Waals surface area contributed by atoms with Crippen molar-refractivity contribution in [1.29, 1.82) is 0 Å². The maximum Gasteiger partial charge on any atom is 0.275 e. The van der Waals surface area contributed by atoms with Crippen LogP contribution in [-0.4, -0.2) is 33.1 Å². The quantitative estimate of drug-likeness (QED) is 0.651. The van der Waals surface area contributed by atoms with Crippen LogP contribution in [0.3, 0.4) is 0 Å². The summed E-state index contributed by atoms with van der Waals surface area (Å²) < 4.78 is 0.917. The number of nitrogens with one attached hydrogen (secondary N) is 1. The number of benzene rings is 1. The predicted octanol–water partition coefficient (Wildman–Crippen LogP) is 3.75. The van der Waals surface area contributed by atoms with Crippen LogP contribution in [0, 0.1) is 5.41 Å². The van der Waals surface area contributed by atoms with E-state index in [0.29, 0.717) is 28.8 Å². The van der Waals surface area contributed by atoms with E-state index in [9.17, 15) is 4.79 Å². The molecule has 0 saturated carbocycles. The van der Waals surface area contributed by atoms with Crippen LogP contribution in [0.2, 0.25) is 5.02 Å². The minimum Gasteiger partial charge on any atom is -0.368 e. The molecule has 3 heterocycles. The minimum atomic E-state index is -0.268. The lowest BCUT2D eigenvalue weighted by molar-refractivity contribution is -0.110. The zero-order chi connectivity index (χ0) is 20.3. The van der Waals surface area contributed by atoms with Crippen LogP contribution in [0.25, 0.3) is 15.8 Å². The molecular formula is C20H17ClN6OS. The van der Waals surface area contributed by atoms with Crippen LogP contribution >= 0.6 is 22.9 Å². The molecule has 3 aromatic rings. The number of halogens is 1. The summed E-state index contributed by atoms with van der Waals surface area (Å²) in [5.41, 5.74) is 10.5. The number of aromatic nitrogens is 3. The molecule has 0 atom stereocenters. The lowest BCUT2D eigenvalue weighted by Crippen LogP contribution is -2.33. The third-order valence-electron chi connectivity index (χ3n) is 5.20. The molecule has 1 amide bonds. The average Bonchev–Trinajstić information content (AvgIpc) is 3.26. The second kappa shape index (κ2) is 6.33. The standard InChI is InChI=1S/C20H17ClN6OS/c1-20(2)6-9-7-24-18(22)26-15(9)11-8-23-16(14(11)20)17(28)27-19-25-12-4-3-10(21)5-13(12)29-19/h3-5,7H,6,8H2,1-2H3,(H2,22,24,26)(H,25,27,28). The zero-order valence-corrected chi connectivity index (χ0v) is 17.4. The molecule has 1 aromatic carbocycles. The van der Waals surface area contributed by atoms with Crippen molar-refractivity contribution in [3.8, 4) is 0 Å². The Morgan fingerprint density at radius 3 is 2.97 bits per heavy atom. The van der Waals surface area contributed by atoms with Gasteiger partial charge in [0.25, 0.3) is 5.91 Å². The van der Waals surface area contributed by atoms with E-state index in [1.807, 2.05) is 12.1 Å². The van der Waals surface area contributed by atoms with Gasteiger partial charge < -0.3 is 5.73 Å². The number of hydrogen-bond donors (Lipinski definition) is 2. The Morgan fingerprint density at radius 2 is 2.14 bits per heavy atom. The highest BCUT2D eigenvalue weighted by Gasteiger charge is 2.41. The Balaban J connectivity index is 1.50. The Morgan fingerprint density at radius 1 is 1.31 bits per heavy atom. The van der Waals surface area contributed by atoms with Crippen LogP contribution in [0.4, 0.5) is 11.1 Å². The first-order chi connectivity index (χ1) is 13.8. The Bertz CT molecular complexity index is 1260. The summed E-state index contributed by atoms with van der Waals surface area (Å²) in [6.45, 7) is 4.62. The Kier molecular flexibility index (Phi) is 3.97. The van der Waals surface area contributed by atoms with Gasteiger partial charge in [-0.1, -0.05) is 36.8 Å². The van der Waals surface area contributed by atoms with Crippen LogP contribution in [0.1, 0.15) is 25.1 Å². The van der Waals surface area contributed by atoms with Crippen molar-refractivity contribution < 1.29 is 4.79 Å². The first-order valence-electron chi connectivity index (χ1n) is 9.09. The van der Waals surface area contributed by atoms with Gasteiger partial charge >= 0.3 is 0 Å². The van der Waals surface area contributed by atoms with E-state index in [1.165, 1.54) is 11.3 Å². The third kappa shape index (κ3) is 2.99. The molecule has 2 aliphatic rings. The van der Waals surface area contributed by atoms with Crippen molar-refractivity contribution >= 4 is 61.4 Å². The van der Waals surface area contributed by atoms with Crippen molar-refractivity contribution in [2.45, 2.75) is 20.3 Å². The fourth-order valence-electron chi connectivity index (χ4n) is 4.05. The Labute approximate surface area is 175 Å². The van der Waals surface area contributed by atoms with Gasteiger partial charge in [0.15, 0.2) is 5.13 Å². The molecule has 0 radical (unpaired) electrons. The van der Waals surface area contributed by atoms with Crippen LogP contribution in [0.15, 0.2) is 35.0 Å². The molecule has 1 aliphatic carbocycles. The van der Waals surface area contributed by atoms with Gasteiger partial charge in [-0.15, -0.1) is 0 Å². The number of carbonyl (C=O) groups excluding carboxylic acids is 1. The van der Waals surface area contributed by atoms with E-state index < -0.39 is 0 Å². The van der Waals surface area contributed by atoms with Gasteiger partial charge in [0, 0.05) is 16.8 Å². The maximum absolute atomic E-state index is 13.1. The van der Waals surface area contributed by atoms with Gasteiger partial charge in [-0.25, -0.2) is 15.0 Å². The summed E-state index contributed by atoms with van der Waals surface area (Å²) in [5, 5.41) is 4.06. The molecule has 146 valence electrons. The van der Waals surface area contributed by atoms with Gasteiger partial charge in [-0.2, -0.15) is 0 Å². The van der Waals surface area contributed by atoms with Crippen molar-refractivity contribution in [2.24, 2.45) is 10.4 Å². The van der Waals surface area contributed by atoms with Gasteiger partial charge in [-0.3, -0.25) is 15.1 Å². The first kappa shape index (κ1) is 18.2. The second-order valence-electron chi connectivity index (χ2n) is 7.77. The monoisotopic (exact) mass is 424 g/mol. The number of anilines is 2. The molecule has 0 saturated heterocycles. The van der Waals surface area contributed by atoms with Crippen molar-refractivity contribution in [3.05, 3.63) is 46.2 Å². The van der Waals surface area contributed by atoms with E-state index in [2.05, 4.69) is 39.1 Å². The summed E-state index contributed by atoms with van der Waals surface area (Å²) in [5.74, 6) is -0.0416. The number of amides is 1. The molecule has 7 nitrogen and oxygen atoms in total. The molecular weight excluding hydrogens is 408 g/mol. The average molecular weight is 425 g/mol. The zero-order valence-electron chi connectivity index (χ0n) is 15.8. The van der Waals surface area contributed by atoms with Gasteiger partial charge in [0.05, 0.1) is 22.5 Å². The predicted molar refractivity (Wildman–Crippen MR) is 116 cm³/mol. The molecule has 0 bridgehead atoms. The van der Waals surface area contributed by atoms with Gasteiger partial charge in [0.1, 0.15) is 5.71 Å². The summed E-state index contributed by atoms with van der Waals surface area (Å²) in [7, 11) is 0. The molecule has 3 N–H and O–H groups in total. The van der Waals surface area contributed by atoms with Gasteiger partial charge in [-0.05, 0) is 41.2 Å². The number of thiazole rings is 1. The smallest absolute Gasteiger partial charge is 0.275 e. The SMILES string of the molecule is CC1(C)Cc2cnc(N)nc2C2=C1C(C(=O)Nc1nc3ccc(Cl)cc3s1)=NC2. The molecule has 0 spiro atoms. The van der Waals surface area contributed by atoms with Crippen LogP contribution in [-0.2, 0) is 11.2 Å². The molecule has 0 fully saturated rings.